The molecule has 2 unspecified atom stereocenters. The van der Waals surface area contributed by atoms with E-state index in [1.165, 1.54) is 0 Å². The van der Waals surface area contributed by atoms with Crippen LogP contribution in [0.1, 0.15) is 17.0 Å². The number of hydrogen-bond donors (Lipinski definition) is 1. The van der Waals surface area contributed by atoms with Crippen LogP contribution in [0.4, 0.5) is 0 Å². The molecule has 0 saturated carbocycles. The number of ether oxygens (including phenoxy) is 1. The summed E-state index contributed by atoms with van der Waals surface area (Å²) in [4.78, 5) is 12.0. The highest BCUT2D eigenvalue weighted by Gasteiger charge is 2.51. The summed E-state index contributed by atoms with van der Waals surface area (Å²) in [6, 6.07) is 18.5. The molecule has 3 rings (SSSR count). The lowest BCUT2D eigenvalue weighted by Crippen LogP contribution is -2.33. The Kier molecular flexibility index (Phi) is 2.84. The maximum atomic E-state index is 12.0. The van der Waals surface area contributed by atoms with Gasteiger partial charge in [-0.1, -0.05) is 60.7 Å². The minimum atomic E-state index is -1.29. The SMILES string of the molecule is O=C1OCC(O)(c2ccccc2)C1c1ccccc1. The van der Waals surface area contributed by atoms with E-state index in [1.807, 2.05) is 60.7 Å². The van der Waals surface area contributed by atoms with Crippen LogP contribution in [0.2, 0.25) is 0 Å². The van der Waals surface area contributed by atoms with Crippen LogP contribution in [0.25, 0.3) is 0 Å². The zero-order valence-electron chi connectivity index (χ0n) is 10.3. The van der Waals surface area contributed by atoms with E-state index in [4.69, 9.17) is 4.74 Å². The number of aliphatic hydroxyl groups is 1. The number of esters is 1. The van der Waals surface area contributed by atoms with Gasteiger partial charge < -0.3 is 9.84 Å². The lowest BCUT2D eigenvalue weighted by atomic mass is 9.79. The Labute approximate surface area is 111 Å². The van der Waals surface area contributed by atoms with Crippen molar-refractivity contribution in [2.24, 2.45) is 0 Å². The maximum absolute atomic E-state index is 12.0. The normalized spacial score (nSPS) is 26.2. The zero-order chi connectivity index (χ0) is 13.3. The van der Waals surface area contributed by atoms with Crippen LogP contribution in [0.3, 0.4) is 0 Å². The van der Waals surface area contributed by atoms with Crippen molar-refractivity contribution in [3.05, 3.63) is 71.8 Å². The Bertz CT molecular complexity index is 579. The highest BCUT2D eigenvalue weighted by Crippen LogP contribution is 2.42. The van der Waals surface area contributed by atoms with Crippen molar-refractivity contribution >= 4 is 5.97 Å². The quantitative estimate of drug-likeness (QED) is 0.836. The van der Waals surface area contributed by atoms with Crippen LogP contribution in [-0.2, 0) is 15.1 Å². The second-order valence-electron chi connectivity index (χ2n) is 4.74. The molecule has 0 amide bonds. The molecule has 0 aromatic heterocycles. The highest BCUT2D eigenvalue weighted by molar-refractivity contribution is 5.82. The van der Waals surface area contributed by atoms with Gasteiger partial charge >= 0.3 is 5.97 Å². The predicted octanol–water partition coefficient (Wildman–Crippen LogP) is 2.21. The number of rotatable bonds is 2. The Balaban J connectivity index is 2.08. The summed E-state index contributed by atoms with van der Waals surface area (Å²) in [7, 11) is 0. The second-order valence-corrected chi connectivity index (χ2v) is 4.74. The largest absolute Gasteiger partial charge is 0.462 e. The molecule has 1 aliphatic heterocycles. The summed E-state index contributed by atoms with van der Waals surface area (Å²) in [5.41, 5.74) is 0.186. The molecule has 1 fully saturated rings. The van der Waals surface area contributed by atoms with Crippen molar-refractivity contribution in [3.63, 3.8) is 0 Å². The first-order valence-corrected chi connectivity index (χ1v) is 6.21. The van der Waals surface area contributed by atoms with Crippen LogP contribution < -0.4 is 0 Å². The van der Waals surface area contributed by atoms with Crippen molar-refractivity contribution in [1.82, 2.24) is 0 Å². The van der Waals surface area contributed by atoms with Crippen molar-refractivity contribution < 1.29 is 14.6 Å². The first kappa shape index (κ1) is 11.9. The smallest absolute Gasteiger partial charge is 0.317 e. The molecule has 1 N–H and O–H groups in total. The third-order valence-electron chi connectivity index (χ3n) is 3.55. The van der Waals surface area contributed by atoms with Gasteiger partial charge in [-0.3, -0.25) is 4.79 Å². The first-order valence-electron chi connectivity index (χ1n) is 6.21. The number of carbonyl (C=O) groups excluding carboxylic acids is 1. The van der Waals surface area contributed by atoms with Gasteiger partial charge in [-0.05, 0) is 11.1 Å². The van der Waals surface area contributed by atoms with E-state index < -0.39 is 11.5 Å². The molecule has 3 heteroatoms. The van der Waals surface area contributed by atoms with Gasteiger partial charge in [0.25, 0.3) is 0 Å². The number of cyclic esters (lactones) is 1. The predicted molar refractivity (Wildman–Crippen MR) is 70.5 cm³/mol. The highest BCUT2D eigenvalue weighted by atomic mass is 16.6. The Morgan fingerprint density at radius 3 is 2.21 bits per heavy atom. The summed E-state index contributed by atoms with van der Waals surface area (Å²) < 4.78 is 5.10. The molecule has 0 bridgehead atoms. The summed E-state index contributed by atoms with van der Waals surface area (Å²) in [5, 5.41) is 10.9. The van der Waals surface area contributed by atoms with Crippen LogP contribution in [0.5, 0.6) is 0 Å². The van der Waals surface area contributed by atoms with Gasteiger partial charge in [0, 0.05) is 0 Å². The third kappa shape index (κ3) is 1.92. The summed E-state index contributed by atoms with van der Waals surface area (Å²) in [6.45, 7) is -0.00456. The molecule has 0 aliphatic carbocycles. The Morgan fingerprint density at radius 2 is 1.58 bits per heavy atom. The van der Waals surface area contributed by atoms with E-state index in [9.17, 15) is 9.90 Å². The molecule has 2 aromatic rings. The molecule has 1 heterocycles. The lowest BCUT2D eigenvalue weighted by molar-refractivity contribution is -0.139. The van der Waals surface area contributed by atoms with Crippen molar-refractivity contribution in [2.75, 3.05) is 6.61 Å². The summed E-state index contributed by atoms with van der Waals surface area (Å²) in [6.07, 6.45) is 0. The van der Waals surface area contributed by atoms with Crippen LogP contribution in [0.15, 0.2) is 60.7 Å². The summed E-state index contributed by atoms with van der Waals surface area (Å²) >= 11 is 0. The van der Waals surface area contributed by atoms with E-state index in [2.05, 4.69) is 0 Å². The first-order chi connectivity index (χ1) is 9.22. The monoisotopic (exact) mass is 254 g/mol. The van der Waals surface area contributed by atoms with Gasteiger partial charge in [-0.15, -0.1) is 0 Å². The van der Waals surface area contributed by atoms with Crippen LogP contribution in [-0.4, -0.2) is 17.7 Å². The third-order valence-corrected chi connectivity index (χ3v) is 3.55. The van der Waals surface area contributed by atoms with Crippen LogP contribution >= 0.6 is 0 Å². The van der Waals surface area contributed by atoms with Crippen LogP contribution in [0, 0.1) is 0 Å². The molecule has 1 aliphatic rings. The average molecular weight is 254 g/mol. The molecular formula is C16H14O3. The van der Waals surface area contributed by atoms with Gasteiger partial charge in [-0.25, -0.2) is 0 Å². The number of carbonyl (C=O) groups is 1. The fourth-order valence-electron chi connectivity index (χ4n) is 2.58. The standard InChI is InChI=1S/C16H14O3/c17-15-14(12-7-3-1-4-8-12)16(18,11-19-15)13-9-5-2-6-10-13/h1-10,14,18H,11H2. The Hall–Kier alpha value is -2.13. The van der Waals surface area contributed by atoms with E-state index in [0.717, 1.165) is 5.56 Å². The van der Waals surface area contributed by atoms with Crippen molar-refractivity contribution in [3.8, 4) is 0 Å². The molecule has 0 radical (unpaired) electrons. The van der Waals surface area contributed by atoms with Crippen molar-refractivity contribution in [1.29, 1.82) is 0 Å². The molecule has 2 aromatic carbocycles. The molecule has 0 spiro atoms. The molecule has 19 heavy (non-hydrogen) atoms. The topological polar surface area (TPSA) is 46.5 Å². The fourth-order valence-corrected chi connectivity index (χ4v) is 2.58. The molecule has 96 valence electrons. The van der Waals surface area contributed by atoms with Gasteiger partial charge in [0.05, 0.1) is 0 Å². The van der Waals surface area contributed by atoms with Gasteiger partial charge in [0.1, 0.15) is 18.1 Å². The van der Waals surface area contributed by atoms with Gasteiger partial charge in [-0.2, -0.15) is 0 Å². The molecular weight excluding hydrogens is 240 g/mol. The molecule has 2 atom stereocenters. The van der Waals surface area contributed by atoms with E-state index >= 15 is 0 Å². The van der Waals surface area contributed by atoms with E-state index in [0.29, 0.717) is 5.56 Å². The van der Waals surface area contributed by atoms with E-state index in [1.54, 1.807) is 0 Å². The minimum Gasteiger partial charge on any atom is -0.462 e. The molecule has 1 saturated heterocycles. The van der Waals surface area contributed by atoms with E-state index in [-0.39, 0.29) is 12.6 Å². The second kappa shape index (κ2) is 4.52. The van der Waals surface area contributed by atoms with Gasteiger partial charge in [0.2, 0.25) is 0 Å². The lowest BCUT2D eigenvalue weighted by Gasteiger charge is -2.26. The van der Waals surface area contributed by atoms with Gasteiger partial charge in [0.15, 0.2) is 0 Å². The summed E-state index contributed by atoms with van der Waals surface area (Å²) in [5.74, 6) is -1.05. The number of hydrogen-bond acceptors (Lipinski definition) is 3. The molecule has 3 nitrogen and oxygen atoms in total. The fraction of sp³-hybridized carbons (Fsp3) is 0.188. The minimum absolute atomic E-state index is 0.00456. The average Bonchev–Trinajstić information content (AvgIpc) is 2.78. The Morgan fingerprint density at radius 1 is 1.00 bits per heavy atom. The maximum Gasteiger partial charge on any atom is 0.317 e. The zero-order valence-corrected chi connectivity index (χ0v) is 10.3. The number of benzene rings is 2. The van der Waals surface area contributed by atoms with Crippen molar-refractivity contribution in [2.45, 2.75) is 11.5 Å².